The summed E-state index contributed by atoms with van der Waals surface area (Å²) in [6.07, 6.45) is 3.99. The normalized spacial score (nSPS) is 17.6. The molecule has 10 heteroatoms. The molecule has 5 nitrogen and oxygen atoms in total. The van der Waals surface area contributed by atoms with Crippen LogP contribution in [0.25, 0.3) is 0 Å². The number of benzene rings is 4. The molecule has 0 spiro atoms. The Morgan fingerprint density at radius 2 is 1.00 bits per heavy atom. The molecule has 234 valence electrons. The highest BCUT2D eigenvalue weighted by molar-refractivity contribution is 9.10. The fourth-order valence-corrected chi connectivity index (χ4v) is 7.42. The highest BCUT2D eigenvalue weighted by atomic mass is 79.9. The molecule has 4 aromatic carbocycles. The molecule has 2 fully saturated rings. The minimum Gasteiger partial charge on any atom is -0.437 e. The van der Waals surface area contributed by atoms with Gasteiger partial charge in [-0.2, -0.15) is 0 Å². The topological polar surface area (TPSA) is 76.0 Å². The van der Waals surface area contributed by atoms with Gasteiger partial charge in [-0.1, -0.05) is 99.8 Å². The SMILES string of the molecule is CB(O)N1CCC(c2ccc(Cl)cc2)(c2ccc(B(O)O)cc2)CC1.Clc1ccc(C2(c3ccc(Br)cc3)CCNCC2)cc1. The molecule has 4 aromatic rings. The summed E-state index contributed by atoms with van der Waals surface area (Å²) in [6, 6.07) is 32.5. The molecule has 45 heavy (non-hydrogen) atoms. The molecule has 0 aromatic heterocycles. The molecule has 0 radical (unpaired) electrons. The molecule has 0 unspecified atom stereocenters. The van der Waals surface area contributed by atoms with Crippen molar-refractivity contribution in [3.63, 3.8) is 0 Å². The summed E-state index contributed by atoms with van der Waals surface area (Å²) in [5, 5.41) is 33.5. The maximum atomic E-state index is 9.88. The molecular formula is C35H39B2BrCl2N2O3. The second-order valence-electron chi connectivity index (χ2n) is 12.1. The molecule has 0 bridgehead atoms. The highest BCUT2D eigenvalue weighted by Gasteiger charge is 2.39. The van der Waals surface area contributed by atoms with E-state index in [1.807, 2.05) is 36.4 Å². The Labute approximate surface area is 286 Å². The largest absolute Gasteiger partial charge is 0.488 e. The maximum Gasteiger partial charge on any atom is 0.488 e. The lowest BCUT2D eigenvalue weighted by atomic mass is 9.65. The van der Waals surface area contributed by atoms with E-state index in [2.05, 4.69) is 74.6 Å². The van der Waals surface area contributed by atoms with Gasteiger partial charge in [0.2, 0.25) is 0 Å². The van der Waals surface area contributed by atoms with Crippen LogP contribution >= 0.6 is 39.1 Å². The molecule has 2 saturated heterocycles. The Hall–Kier alpha value is -2.13. The lowest BCUT2D eigenvalue weighted by Gasteiger charge is -2.43. The fraction of sp³-hybridized carbons (Fsp3) is 0.314. The molecular weight excluding hydrogens is 669 g/mol. The van der Waals surface area contributed by atoms with Crippen LogP contribution in [0.5, 0.6) is 0 Å². The van der Waals surface area contributed by atoms with E-state index >= 15 is 0 Å². The van der Waals surface area contributed by atoms with E-state index in [9.17, 15) is 15.1 Å². The first-order valence-electron chi connectivity index (χ1n) is 15.5. The van der Waals surface area contributed by atoms with E-state index in [0.29, 0.717) is 10.5 Å². The number of hydrogen-bond donors (Lipinski definition) is 4. The molecule has 0 amide bonds. The minimum absolute atomic E-state index is 0.108. The Bertz CT molecular complexity index is 1460. The summed E-state index contributed by atoms with van der Waals surface area (Å²) in [4.78, 5) is 2.07. The van der Waals surface area contributed by atoms with E-state index in [-0.39, 0.29) is 10.8 Å². The molecule has 0 atom stereocenters. The quantitative estimate of drug-likeness (QED) is 0.178. The molecule has 4 N–H and O–H groups in total. The molecule has 2 heterocycles. The van der Waals surface area contributed by atoms with Gasteiger partial charge in [-0.05, 0) is 123 Å². The number of rotatable bonds is 6. The van der Waals surface area contributed by atoms with Crippen LogP contribution in [0.3, 0.4) is 0 Å². The third-order valence-corrected chi connectivity index (χ3v) is 10.6. The third kappa shape index (κ3) is 7.89. The molecule has 2 aliphatic heterocycles. The van der Waals surface area contributed by atoms with Crippen molar-refractivity contribution < 1.29 is 15.1 Å². The average Bonchev–Trinajstić information content (AvgIpc) is 3.06. The van der Waals surface area contributed by atoms with Crippen LogP contribution in [0.1, 0.15) is 47.9 Å². The van der Waals surface area contributed by atoms with Crippen molar-refractivity contribution in [2.75, 3.05) is 26.2 Å². The summed E-state index contributed by atoms with van der Waals surface area (Å²) in [5.41, 5.74) is 5.52. The van der Waals surface area contributed by atoms with Crippen LogP contribution in [0.2, 0.25) is 16.9 Å². The van der Waals surface area contributed by atoms with Gasteiger partial charge in [0.05, 0.1) is 0 Å². The summed E-state index contributed by atoms with van der Waals surface area (Å²) in [6.45, 7) is 5.50. The second-order valence-corrected chi connectivity index (χ2v) is 13.9. The Morgan fingerprint density at radius 3 is 1.40 bits per heavy atom. The number of hydrogen-bond acceptors (Lipinski definition) is 5. The smallest absolute Gasteiger partial charge is 0.437 e. The van der Waals surface area contributed by atoms with Crippen LogP contribution in [0.15, 0.2) is 102 Å². The van der Waals surface area contributed by atoms with E-state index in [0.717, 1.165) is 66.9 Å². The van der Waals surface area contributed by atoms with E-state index in [1.165, 1.54) is 16.7 Å². The van der Waals surface area contributed by atoms with E-state index in [4.69, 9.17) is 23.2 Å². The van der Waals surface area contributed by atoms with Gasteiger partial charge >= 0.3 is 14.2 Å². The van der Waals surface area contributed by atoms with Crippen molar-refractivity contribution in [2.24, 2.45) is 0 Å². The zero-order valence-electron chi connectivity index (χ0n) is 25.5. The molecule has 6 rings (SSSR count). The minimum atomic E-state index is -1.46. The van der Waals surface area contributed by atoms with Crippen molar-refractivity contribution in [1.82, 2.24) is 10.1 Å². The first kappa shape index (κ1) is 34.2. The molecule has 0 saturated carbocycles. The van der Waals surface area contributed by atoms with Crippen molar-refractivity contribution in [3.05, 3.63) is 134 Å². The highest BCUT2D eigenvalue weighted by Crippen LogP contribution is 2.43. The number of nitrogens with zero attached hydrogens (tertiary/aromatic N) is 1. The maximum absolute atomic E-state index is 9.88. The van der Waals surface area contributed by atoms with Crippen molar-refractivity contribution in [1.29, 1.82) is 0 Å². The van der Waals surface area contributed by atoms with Crippen LogP contribution in [-0.4, -0.2) is 60.2 Å². The lowest BCUT2D eigenvalue weighted by Crippen LogP contribution is -2.48. The van der Waals surface area contributed by atoms with Gasteiger partial charge < -0.3 is 25.2 Å². The van der Waals surface area contributed by atoms with Gasteiger partial charge in [0, 0.05) is 25.3 Å². The standard InChI is InChI=1S/C18H22B2ClNO3.C17H17BrClN/c1-19(23)22-12-10-18(11-13-22,15-4-8-17(21)9-5-15)14-2-6-16(7-3-14)20(24)25;18-15-5-1-13(2-6-15)17(9-11-20-12-10-17)14-3-7-16(19)8-4-14/h2-9,23-25H,10-13H2,1H3;1-8,20H,9-12H2. The summed E-state index contributed by atoms with van der Waals surface area (Å²) in [5.74, 6) is 0. The Balaban J connectivity index is 0.000000182. The van der Waals surface area contributed by atoms with Gasteiger partial charge in [0.15, 0.2) is 0 Å². The lowest BCUT2D eigenvalue weighted by molar-refractivity contribution is 0.243. The second kappa shape index (κ2) is 15.2. The zero-order valence-corrected chi connectivity index (χ0v) is 28.6. The first-order valence-corrected chi connectivity index (χ1v) is 17.1. The van der Waals surface area contributed by atoms with Gasteiger partial charge in [0.25, 0.3) is 0 Å². The summed E-state index contributed by atoms with van der Waals surface area (Å²) < 4.78 is 1.13. The van der Waals surface area contributed by atoms with Gasteiger partial charge in [0.1, 0.15) is 0 Å². The number of piperidine rings is 2. The van der Waals surface area contributed by atoms with Crippen LogP contribution < -0.4 is 10.8 Å². The van der Waals surface area contributed by atoms with Gasteiger partial charge in [-0.15, -0.1) is 0 Å². The fourth-order valence-electron chi connectivity index (χ4n) is 6.90. The van der Waals surface area contributed by atoms with Crippen LogP contribution in [0.4, 0.5) is 0 Å². The van der Waals surface area contributed by atoms with Crippen molar-refractivity contribution >= 4 is 58.8 Å². The third-order valence-electron chi connectivity index (χ3n) is 9.59. The van der Waals surface area contributed by atoms with Crippen molar-refractivity contribution in [3.8, 4) is 0 Å². The first-order chi connectivity index (χ1) is 21.6. The predicted octanol–water partition coefficient (Wildman–Crippen LogP) is 6.28. The number of nitrogens with one attached hydrogen (secondary N) is 1. The van der Waals surface area contributed by atoms with E-state index in [1.54, 1.807) is 19.0 Å². The van der Waals surface area contributed by atoms with Crippen molar-refractivity contribution in [2.45, 2.75) is 43.3 Å². The predicted molar refractivity (Wildman–Crippen MR) is 192 cm³/mol. The summed E-state index contributed by atoms with van der Waals surface area (Å²) in [7, 11) is -1.91. The Kier molecular flexibility index (Phi) is 11.5. The zero-order chi connectivity index (χ0) is 32.0. The average molecular weight is 708 g/mol. The van der Waals surface area contributed by atoms with Crippen LogP contribution in [0, 0.1) is 0 Å². The van der Waals surface area contributed by atoms with Crippen LogP contribution in [-0.2, 0) is 10.8 Å². The van der Waals surface area contributed by atoms with Gasteiger partial charge in [-0.25, -0.2) is 0 Å². The van der Waals surface area contributed by atoms with E-state index < -0.39 is 14.2 Å². The summed E-state index contributed by atoms with van der Waals surface area (Å²) >= 11 is 15.6. The van der Waals surface area contributed by atoms with Gasteiger partial charge in [-0.3, -0.25) is 0 Å². The monoisotopic (exact) mass is 706 g/mol. The molecule has 0 aliphatic carbocycles. The number of halogens is 3. The molecule has 2 aliphatic rings. The Morgan fingerprint density at radius 1 is 0.622 bits per heavy atom.